The van der Waals surface area contributed by atoms with Gasteiger partial charge in [-0.1, -0.05) is 53.5 Å². The Morgan fingerprint density at radius 2 is 1.32 bits per heavy atom. The zero-order chi connectivity index (χ0) is 30.4. The standard InChI is InChI=1S/C28H43NO11/c1-8-16(4)14-36-27(33)39-21-12-11-20(13-22(21)40-28(34)37-15-17(5)9-2)23(24(29)25(30)31)18(6)19(7)38-26(32)35-10-3/h11-13,16-19,23-24H,8-10,14-15,29H2,1-7H3,(H,30,31)/t16?,17?,18?,19?,23?,24-/m0/s1. The highest BCUT2D eigenvalue weighted by molar-refractivity contribution is 5.75. The molecule has 0 spiro atoms. The molecule has 0 aliphatic carbocycles. The molecule has 1 aromatic carbocycles. The summed E-state index contributed by atoms with van der Waals surface area (Å²) in [4.78, 5) is 48.6. The van der Waals surface area contributed by atoms with Crippen molar-refractivity contribution in [3.8, 4) is 11.5 Å². The van der Waals surface area contributed by atoms with Crippen LogP contribution in [0.1, 0.15) is 72.8 Å². The number of benzene rings is 1. The first-order valence-corrected chi connectivity index (χ1v) is 13.5. The molecule has 6 atom stereocenters. The molecule has 0 radical (unpaired) electrons. The summed E-state index contributed by atoms with van der Waals surface area (Å²) >= 11 is 0. The van der Waals surface area contributed by atoms with Crippen LogP contribution >= 0.6 is 0 Å². The minimum atomic E-state index is -1.43. The van der Waals surface area contributed by atoms with Gasteiger partial charge in [-0.2, -0.15) is 0 Å². The lowest BCUT2D eigenvalue weighted by atomic mass is 9.79. The van der Waals surface area contributed by atoms with Crippen molar-refractivity contribution in [2.75, 3.05) is 19.8 Å². The van der Waals surface area contributed by atoms with Gasteiger partial charge in [0, 0.05) is 11.8 Å². The van der Waals surface area contributed by atoms with Crippen LogP contribution < -0.4 is 15.2 Å². The van der Waals surface area contributed by atoms with Gasteiger partial charge in [-0.25, -0.2) is 14.4 Å². The highest BCUT2D eigenvalue weighted by Gasteiger charge is 2.36. The van der Waals surface area contributed by atoms with E-state index in [0.717, 1.165) is 12.8 Å². The van der Waals surface area contributed by atoms with Crippen LogP contribution in [-0.4, -0.2) is 61.5 Å². The highest BCUT2D eigenvalue weighted by atomic mass is 16.7. The lowest BCUT2D eigenvalue weighted by Crippen LogP contribution is -2.42. The van der Waals surface area contributed by atoms with E-state index in [-0.39, 0.29) is 43.2 Å². The van der Waals surface area contributed by atoms with Gasteiger partial charge in [-0.15, -0.1) is 0 Å². The second kappa shape index (κ2) is 17.2. The topological polar surface area (TPSA) is 170 Å². The first kappa shape index (κ1) is 34.5. The Morgan fingerprint density at radius 1 is 0.800 bits per heavy atom. The molecule has 0 fully saturated rings. The van der Waals surface area contributed by atoms with Crippen molar-refractivity contribution in [3.05, 3.63) is 23.8 Å². The van der Waals surface area contributed by atoms with Crippen molar-refractivity contribution < 1.29 is 52.7 Å². The summed E-state index contributed by atoms with van der Waals surface area (Å²) in [6, 6.07) is 2.72. The fourth-order valence-electron chi connectivity index (χ4n) is 3.49. The van der Waals surface area contributed by atoms with Gasteiger partial charge in [0.2, 0.25) is 0 Å². The molecule has 1 rings (SSSR count). The van der Waals surface area contributed by atoms with Crippen molar-refractivity contribution in [2.24, 2.45) is 23.5 Å². The maximum atomic E-state index is 12.5. The maximum absolute atomic E-state index is 12.5. The number of carbonyl (C=O) groups is 4. The Hall–Kier alpha value is -3.54. The summed E-state index contributed by atoms with van der Waals surface area (Å²) in [6.45, 7) is 12.9. The van der Waals surface area contributed by atoms with E-state index >= 15 is 0 Å². The van der Waals surface area contributed by atoms with Crippen LogP contribution in [0.3, 0.4) is 0 Å². The molecular weight excluding hydrogens is 526 g/mol. The third-order valence-corrected chi connectivity index (χ3v) is 6.63. The van der Waals surface area contributed by atoms with Crippen molar-refractivity contribution in [1.29, 1.82) is 0 Å². The number of carbonyl (C=O) groups excluding carboxylic acids is 3. The molecule has 40 heavy (non-hydrogen) atoms. The molecule has 5 unspecified atom stereocenters. The van der Waals surface area contributed by atoms with Gasteiger partial charge in [0.25, 0.3) is 0 Å². The van der Waals surface area contributed by atoms with Crippen LogP contribution in [0.4, 0.5) is 14.4 Å². The zero-order valence-corrected chi connectivity index (χ0v) is 24.3. The van der Waals surface area contributed by atoms with E-state index in [0.29, 0.717) is 5.56 Å². The predicted molar refractivity (Wildman–Crippen MR) is 144 cm³/mol. The molecule has 0 heterocycles. The van der Waals surface area contributed by atoms with Gasteiger partial charge in [0.1, 0.15) is 12.1 Å². The first-order valence-electron chi connectivity index (χ1n) is 13.5. The monoisotopic (exact) mass is 569 g/mol. The van der Waals surface area contributed by atoms with Crippen LogP contribution in [0.5, 0.6) is 11.5 Å². The number of carboxylic acids is 1. The summed E-state index contributed by atoms with van der Waals surface area (Å²) in [6.07, 6.45) is -2.18. The van der Waals surface area contributed by atoms with E-state index in [1.54, 1.807) is 20.8 Å². The number of hydrogen-bond acceptors (Lipinski definition) is 11. The van der Waals surface area contributed by atoms with Gasteiger partial charge in [0.15, 0.2) is 11.5 Å². The van der Waals surface area contributed by atoms with Crippen LogP contribution in [0, 0.1) is 17.8 Å². The Morgan fingerprint density at radius 3 is 1.80 bits per heavy atom. The summed E-state index contributed by atoms with van der Waals surface area (Å²) in [5.41, 5.74) is 6.38. The number of rotatable bonds is 15. The highest BCUT2D eigenvalue weighted by Crippen LogP contribution is 2.37. The predicted octanol–water partition coefficient (Wildman–Crippen LogP) is 5.50. The molecule has 12 heteroatoms. The number of nitrogens with two attached hydrogens (primary N) is 1. The van der Waals surface area contributed by atoms with E-state index in [1.165, 1.54) is 18.2 Å². The Kier molecular flexibility index (Phi) is 14.8. The van der Waals surface area contributed by atoms with Gasteiger partial charge >= 0.3 is 24.4 Å². The molecule has 0 aromatic heterocycles. The van der Waals surface area contributed by atoms with Crippen molar-refractivity contribution >= 4 is 24.4 Å². The quantitative estimate of drug-likeness (QED) is 0.155. The molecule has 226 valence electrons. The fraction of sp³-hybridized carbons (Fsp3) is 0.643. The lowest BCUT2D eigenvalue weighted by Gasteiger charge is -2.31. The average Bonchev–Trinajstić information content (AvgIpc) is 2.91. The summed E-state index contributed by atoms with van der Waals surface area (Å²) in [5, 5.41) is 9.72. The lowest BCUT2D eigenvalue weighted by molar-refractivity contribution is -0.139. The Balaban J connectivity index is 3.39. The molecule has 12 nitrogen and oxygen atoms in total. The van der Waals surface area contributed by atoms with Gasteiger partial charge in [-0.05, 0) is 43.4 Å². The Labute approximate surface area is 235 Å². The van der Waals surface area contributed by atoms with E-state index in [2.05, 4.69) is 0 Å². The number of aliphatic carboxylic acids is 1. The van der Waals surface area contributed by atoms with E-state index in [1.807, 2.05) is 27.7 Å². The minimum absolute atomic E-state index is 0.0878. The second-order valence-corrected chi connectivity index (χ2v) is 9.81. The summed E-state index contributed by atoms with van der Waals surface area (Å²) in [5.74, 6) is -3.01. The second-order valence-electron chi connectivity index (χ2n) is 9.81. The molecular formula is C28H43NO11. The first-order chi connectivity index (χ1) is 18.8. The third kappa shape index (κ3) is 11.3. The smallest absolute Gasteiger partial charge is 0.480 e. The van der Waals surface area contributed by atoms with Crippen molar-refractivity contribution in [1.82, 2.24) is 0 Å². The molecule has 3 N–H and O–H groups in total. The molecule has 0 aliphatic rings. The summed E-state index contributed by atoms with van der Waals surface area (Å²) in [7, 11) is 0. The van der Waals surface area contributed by atoms with E-state index in [4.69, 9.17) is 34.2 Å². The normalized spacial score (nSPS) is 15.4. The molecule has 0 bridgehead atoms. The molecule has 1 aromatic rings. The molecule has 0 amide bonds. The van der Waals surface area contributed by atoms with Crippen molar-refractivity contribution in [3.63, 3.8) is 0 Å². The fourth-order valence-corrected chi connectivity index (χ4v) is 3.49. The van der Waals surface area contributed by atoms with E-state index in [9.17, 15) is 24.3 Å². The zero-order valence-electron chi connectivity index (χ0n) is 24.3. The number of carboxylic acid groups (broad SMARTS) is 1. The number of ether oxygens (including phenoxy) is 6. The van der Waals surface area contributed by atoms with Gasteiger partial charge in [-0.3, -0.25) is 4.79 Å². The molecule has 0 saturated carbocycles. The average molecular weight is 570 g/mol. The van der Waals surface area contributed by atoms with E-state index < -0.39 is 48.4 Å². The maximum Gasteiger partial charge on any atom is 0.513 e. The van der Waals surface area contributed by atoms with Crippen LogP contribution in [0.2, 0.25) is 0 Å². The SMILES string of the molecule is CCOC(=O)OC(C)C(C)C(c1ccc(OC(=O)OCC(C)CC)c(OC(=O)OCC(C)CC)c1)[C@H](N)C(=O)O. The van der Waals surface area contributed by atoms with Gasteiger partial charge in [0.05, 0.1) is 19.8 Å². The third-order valence-electron chi connectivity index (χ3n) is 6.63. The van der Waals surface area contributed by atoms with Crippen molar-refractivity contribution in [2.45, 2.75) is 79.4 Å². The van der Waals surface area contributed by atoms with Crippen LogP contribution in [0.15, 0.2) is 18.2 Å². The summed E-state index contributed by atoms with van der Waals surface area (Å²) < 4.78 is 31.1. The molecule has 0 aliphatic heterocycles. The minimum Gasteiger partial charge on any atom is -0.480 e. The van der Waals surface area contributed by atoms with Crippen LogP contribution in [-0.2, 0) is 23.7 Å². The molecule has 0 saturated heterocycles. The number of hydrogen-bond donors (Lipinski definition) is 2. The largest absolute Gasteiger partial charge is 0.513 e. The Bertz CT molecular complexity index is 983. The van der Waals surface area contributed by atoms with Gasteiger partial charge < -0.3 is 39.3 Å². The van der Waals surface area contributed by atoms with Crippen LogP contribution in [0.25, 0.3) is 0 Å².